The fourth-order valence-corrected chi connectivity index (χ4v) is 0.271. The Labute approximate surface area is 42.5 Å². The highest BCUT2D eigenvalue weighted by Crippen LogP contribution is 1.69. The van der Waals surface area contributed by atoms with Gasteiger partial charge in [-0.3, -0.25) is 9.69 Å². The number of carbonyl (C=O) groups is 1. The number of carboxylic acids is 1. The third-order valence-corrected chi connectivity index (χ3v) is 0.451. The number of aliphatic carboxylic acids is 1. The average molecular weight is 108 g/mol. The van der Waals surface area contributed by atoms with Gasteiger partial charge in [-0.05, 0) is 14.1 Å². The van der Waals surface area contributed by atoms with E-state index in [4.69, 9.17) is 5.11 Å². The van der Waals surface area contributed by atoms with Crippen LogP contribution < -0.4 is 0 Å². The van der Waals surface area contributed by atoms with Gasteiger partial charge in [-0.15, -0.1) is 0 Å². The summed E-state index contributed by atoms with van der Waals surface area (Å²) in [4.78, 5) is 11.4. The Morgan fingerprint density at radius 1 is 1.71 bits per heavy atom. The maximum Gasteiger partial charge on any atom is 0.317 e. The van der Waals surface area contributed by atoms with Gasteiger partial charge >= 0.3 is 5.97 Å². The van der Waals surface area contributed by atoms with E-state index in [-0.39, 0.29) is 6.54 Å². The monoisotopic (exact) mass is 108 g/mol. The highest BCUT2D eigenvalue weighted by atomic mass is 16.5. The summed E-state index contributed by atoms with van der Waals surface area (Å²) >= 11 is 0. The number of hydrogen-bond donors (Lipinski definition) is 1. The van der Waals surface area contributed by atoms with Crippen LogP contribution in [0.1, 0.15) is 0 Å². The maximum atomic E-state index is 9.77. The Morgan fingerprint density at radius 3 is 2.14 bits per heavy atom. The lowest BCUT2D eigenvalue weighted by Gasteiger charge is -2.01. The summed E-state index contributed by atoms with van der Waals surface area (Å²) in [5, 5.41) is 8.04. The number of likely N-dealkylation sites (N-methyl/N-ethyl adjacent to an activating group) is 1. The molecule has 0 saturated heterocycles. The zero-order chi connectivity index (χ0) is 5.86. The Morgan fingerprint density at radius 2 is 2.14 bits per heavy atom. The number of carboxylic acid groups (broad SMARTS) is 1. The lowest BCUT2D eigenvalue weighted by atomic mass is 11.6. The molecular weight excluding hydrogens is 99.0 g/mol. The first kappa shape index (κ1) is 6.43. The fraction of sp³-hybridized carbons (Fsp3) is 0.750. The summed E-state index contributed by atoms with van der Waals surface area (Å²) in [7, 11) is 3.43. The van der Waals surface area contributed by atoms with Crippen molar-refractivity contribution in [2.45, 2.75) is 0 Å². The largest absolute Gasteiger partial charge is 0.480 e. The first-order chi connectivity index (χ1) is 3.13. The van der Waals surface area contributed by atoms with E-state index in [1.54, 1.807) is 19.0 Å². The molecule has 42 valence electrons. The van der Waals surface area contributed by atoms with Gasteiger partial charge in [0.1, 0.15) is 0 Å². The Kier molecular flexibility index (Phi) is 2.37. The summed E-state index contributed by atoms with van der Waals surface area (Å²) in [6.07, 6.45) is 0. The van der Waals surface area contributed by atoms with Gasteiger partial charge in [0.15, 0.2) is 0 Å². The molecule has 0 bridgehead atoms. The van der Waals surface area contributed by atoms with Gasteiger partial charge in [0.05, 0.1) is 6.54 Å². The van der Waals surface area contributed by atoms with Crippen LogP contribution in [0.4, 0.5) is 0 Å². The summed E-state index contributed by atoms with van der Waals surface area (Å²) in [6.45, 7) is 0.111. The Hall–Kier alpha value is -0.570. The summed E-state index contributed by atoms with van der Waals surface area (Å²) < 4.78 is 0. The van der Waals surface area contributed by atoms with E-state index in [1.165, 1.54) is 0 Å². The molecule has 0 rings (SSSR count). The molecule has 0 spiro atoms. The molecule has 0 unspecified atom stereocenters. The van der Waals surface area contributed by atoms with Gasteiger partial charge in [0.25, 0.3) is 0 Å². The fourth-order valence-electron chi connectivity index (χ4n) is 0.271. The standard InChI is InChI=1S/C4H9NO2/c1-5(2)3-4(6)7/h3H2,1-2H3,(H,6,7)/i1+1,2+1,3+1,4+1,5+1. The van der Waals surface area contributed by atoms with Crippen LogP contribution in [-0.4, -0.2) is 36.6 Å². The summed E-state index contributed by atoms with van der Waals surface area (Å²) in [6, 6.07) is 0. The molecule has 0 aromatic carbocycles. The van der Waals surface area contributed by atoms with Crippen LogP contribution in [0, 0.1) is 0 Å². The van der Waals surface area contributed by atoms with Gasteiger partial charge in [0, 0.05) is 0 Å². The van der Waals surface area contributed by atoms with Crippen molar-refractivity contribution >= 4 is 5.97 Å². The molecule has 3 nitrogen and oxygen atoms in total. The quantitative estimate of drug-likeness (QED) is 0.387. The topological polar surface area (TPSA) is 40.5 Å². The number of rotatable bonds is 2. The van der Waals surface area contributed by atoms with Crippen molar-refractivity contribution in [3.8, 4) is 0 Å². The van der Waals surface area contributed by atoms with Crippen LogP contribution in [0.25, 0.3) is 0 Å². The first-order valence-electron chi connectivity index (χ1n) is 1.99. The van der Waals surface area contributed by atoms with Crippen molar-refractivity contribution < 1.29 is 9.90 Å². The second kappa shape index (κ2) is 2.58. The smallest absolute Gasteiger partial charge is 0.317 e. The maximum absolute atomic E-state index is 9.77. The van der Waals surface area contributed by atoms with Gasteiger partial charge in [-0.2, -0.15) is 0 Å². The van der Waals surface area contributed by atoms with Gasteiger partial charge in [-0.1, -0.05) is 0 Å². The second-order valence-corrected chi connectivity index (χ2v) is 1.63. The second-order valence-electron chi connectivity index (χ2n) is 1.63. The van der Waals surface area contributed by atoms with Crippen LogP contribution >= 0.6 is 0 Å². The van der Waals surface area contributed by atoms with E-state index in [1.807, 2.05) is 0 Å². The molecule has 0 aromatic heterocycles. The lowest BCUT2D eigenvalue weighted by Crippen LogP contribution is -2.20. The molecule has 0 aromatic rings. The number of nitrogens with zero attached hydrogens (tertiary/aromatic N) is 1. The molecule has 0 aliphatic carbocycles. The zero-order valence-corrected chi connectivity index (χ0v) is 4.51. The predicted molar refractivity (Wildman–Crippen MR) is 26.2 cm³/mol. The van der Waals surface area contributed by atoms with Crippen molar-refractivity contribution in [3.05, 3.63) is 0 Å². The minimum absolute atomic E-state index is 0.111. The van der Waals surface area contributed by atoms with Crippen LogP contribution in [0.3, 0.4) is 0 Å². The highest BCUT2D eigenvalue weighted by Gasteiger charge is 1.94. The zero-order valence-electron chi connectivity index (χ0n) is 4.51. The van der Waals surface area contributed by atoms with E-state index in [9.17, 15) is 4.79 Å². The van der Waals surface area contributed by atoms with Crippen molar-refractivity contribution in [3.63, 3.8) is 0 Å². The lowest BCUT2D eigenvalue weighted by molar-refractivity contribution is -0.137. The van der Waals surface area contributed by atoms with E-state index < -0.39 is 5.97 Å². The molecule has 0 aliphatic rings. The van der Waals surface area contributed by atoms with E-state index >= 15 is 0 Å². The molecule has 0 fully saturated rings. The van der Waals surface area contributed by atoms with Gasteiger partial charge < -0.3 is 5.11 Å². The molecular formula is C4H9NO2. The Bertz CT molecular complexity index is 70.1. The molecule has 7 heavy (non-hydrogen) atoms. The minimum Gasteiger partial charge on any atom is -0.480 e. The van der Waals surface area contributed by atoms with Crippen molar-refractivity contribution in [2.75, 3.05) is 20.6 Å². The van der Waals surface area contributed by atoms with Crippen LogP contribution in [0.5, 0.6) is 0 Å². The van der Waals surface area contributed by atoms with Crippen molar-refractivity contribution in [2.24, 2.45) is 0 Å². The van der Waals surface area contributed by atoms with Crippen LogP contribution in [0.2, 0.25) is 0 Å². The molecule has 3 heteroatoms. The molecule has 0 aliphatic heterocycles. The molecule has 0 amide bonds. The van der Waals surface area contributed by atoms with Crippen LogP contribution in [0.15, 0.2) is 0 Å². The average Bonchev–Trinajstić information content (AvgIpc) is 1.27. The van der Waals surface area contributed by atoms with E-state index in [0.29, 0.717) is 0 Å². The predicted octanol–water partition coefficient (Wildman–Crippen LogP) is -0.367. The van der Waals surface area contributed by atoms with Gasteiger partial charge in [-0.25, -0.2) is 0 Å². The molecule has 0 radical (unpaired) electrons. The first-order valence-corrected chi connectivity index (χ1v) is 1.99. The normalized spacial score (nSPS) is 9.57. The minimum atomic E-state index is -0.787. The number of hydrogen-bond acceptors (Lipinski definition) is 2. The van der Waals surface area contributed by atoms with Crippen molar-refractivity contribution in [1.29, 1.82) is 0 Å². The molecule has 0 atom stereocenters. The SMILES string of the molecule is [13CH3][15N]([13CH3])[13CH2][13C](=O)O. The molecule has 0 saturated carbocycles. The van der Waals surface area contributed by atoms with Gasteiger partial charge in [0.2, 0.25) is 0 Å². The summed E-state index contributed by atoms with van der Waals surface area (Å²) in [5.41, 5.74) is 0. The van der Waals surface area contributed by atoms with Crippen molar-refractivity contribution in [1.82, 2.24) is 4.90 Å². The molecule has 0 heterocycles. The third-order valence-electron chi connectivity index (χ3n) is 0.451. The van der Waals surface area contributed by atoms with Crippen LogP contribution in [-0.2, 0) is 4.79 Å². The van der Waals surface area contributed by atoms with E-state index in [2.05, 4.69) is 0 Å². The molecule has 1 N–H and O–H groups in total. The summed E-state index contributed by atoms with van der Waals surface area (Å²) in [5.74, 6) is -0.787. The third kappa shape index (κ3) is 5.43. The van der Waals surface area contributed by atoms with E-state index in [0.717, 1.165) is 0 Å². The Balaban J connectivity index is 3.13. The highest BCUT2D eigenvalue weighted by molar-refractivity contribution is 5.68.